The molecular formula is C18H10ClF3N4O2. The van der Waals surface area contributed by atoms with Crippen LogP contribution in [0.5, 0.6) is 11.5 Å². The summed E-state index contributed by atoms with van der Waals surface area (Å²) in [6.07, 6.45) is -2.89. The second-order valence-corrected chi connectivity index (χ2v) is 6.06. The maximum Gasteiger partial charge on any atom is 0.416 e. The van der Waals surface area contributed by atoms with Crippen molar-refractivity contribution in [2.45, 2.75) is 6.18 Å². The highest BCUT2D eigenvalue weighted by molar-refractivity contribution is 6.32. The molecule has 0 atom stereocenters. The minimum atomic E-state index is -4.39. The molecule has 1 N–H and O–H groups in total. The Balaban J connectivity index is 1.49. The average molecular weight is 407 g/mol. The lowest BCUT2D eigenvalue weighted by molar-refractivity contribution is -0.137. The Kier molecular flexibility index (Phi) is 4.52. The number of aromatic nitrogens is 4. The van der Waals surface area contributed by atoms with Crippen molar-refractivity contribution in [1.29, 1.82) is 0 Å². The smallest absolute Gasteiger partial charge is 0.416 e. The molecule has 2 aromatic heterocycles. The zero-order valence-corrected chi connectivity index (χ0v) is 14.6. The van der Waals surface area contributed by atoms with Crippen LogP contribution in [0.3, 0.4) is 0 Å². The van der Waals surface area contributed by atoms with Gasteiger partial charge >= 0.3 is 6.18 Å². The molecule has 4 rings (SSSR count). The van der Waals surface area contributed by atoms with Crippen molar-refractivity contribution < 1.29 is 22.4 Å². The Morgan fingerprint density at radius 2 is 1.61 bits per heavy atom. The van der Waals surface area contributed by atoms with Crippen molar-refractivity contribution >= 4 is 11.6 Å². The lowest BCUT2D eigenvalue weighted by Crippen LogP contribution is -2.03. The minimum absolute atomic E-state index is 0.173. The molecule has 4 aromatic rings. The first kappa shape index (κ1) is 18.1. The summed E-state index contributed by atoms with van der Waals surface area (Å²) in [6, 6.07) is 11.1. The van der Waals surface area contributed by atoms with Gasteiger partial charge in [0, 0.05) is 11.8 Å². The molecule has 0 spiro atoms. The SMILES string of the molecule is FC(F)(F)c1ccc(Oc2ccc(-c3noc(-c4n[nH]cc4Cl)n3)cc2)cc1. The van der Waals surface area contributed by atoms with Gasteiger partial charge in [-0.25, -0.2) is 0 Å². The predicted molar refractivity (Wildman–Crippen MR) is 93.8 cm³/mol. The Morgan fingerprint density at radius 1 is 0.964 bits per heavy atom. The third-order valence-corrected chi connectivity index (χ3v) is 4.04. The van der Waals surface area contributed by atoms with E-state index in [2.05, 4.69) is 20.3 Å². The molecule has 0 unspecified atom stereocenters. The van der Waals surface area contributed by atoms with Crippen LogP contribution in [0.25, 0.3) is 23.0 Å². The van der Waals surface area contributed by atoms with Crippen LogP contribution in [0.1, 0.15) is 5.56 Å². The van der Waals surface area contributed by atoms with Crippen molar-refractivity contribution in [3.05, 3.63) is 65.3 Å². The fourth-order valence-electron chi connectivity index (χ4n) is 2.38. The maximum atomic E-state index is 12.6. The minimum Gasteiger partial charge on any atom is -0.457 e. The zero-order chi connectivity index (χ0) is 19.7. The number of H-pyrrole nitrogens is 1. The normalized spacial score (nSPS) is 11.6. The average Bonchev–Trinajstić information content (AvgIpc) is 3.31. The van der Waals surface area contributed by atoms with Gasteiger partial charge in [-0.2, -0.15) is 23.3 Å². The number of rotatable bonds is 4. The standard InChI is InChI=1S/C18H10ClF3N4O2/c19-14-9-23-25-15(14)17-24-16(26-28-17)10-1-5-12(6-2-10)27-13-7-3-11(4-8-13)18(20,21)22/h1-9H,(H,23,25). The van der Waals surface area contributed by atoms with Crippen LogP contribution in [0.2, 0.25) is 5.02 Å². The van der Waals surface area contributed by atoms with Crippen molar-refractivity contribution in [2.75, 3.05) is 0 Å². The summed E-state index contributed by atoms with van der Waals surface area (Å²) in [4.78, 5) is 4.24. The lowest BCUT2D eigenvalue weighted by atomic mass is 10.2. The third kappa shape index (κ3) is 3.70. The van der Waals surface area contributed by atoms with Gasteiger partial charge in [-0.15, -0.1) is 0 Å². The van der Waals surface area contributed by atoms with Crippen molar-refractivity contribution in [1.82, 2.24) is 20.3 Å². The number of benzene rings is 2. The van der Waals surface area contributed by atoms with Gasteiger partial charge in [-0.1, -0.05) is 16.8 Å². The van der Waals surface area contributed by atoms with Crippen LogP contribution in [0.15, 0.2) is 59.3 Å². The highest BCUT2D eigenvalue weighted by Crippen LogP contribution is 2.32. The number of aromatic amines is 1. The van der Waals surface area contributed by atoms with E-state index in [0.29, 0.717) is 27.9 Å². The number of ether oxygens (including phenoxy) is 1. The molecular weight excluding hydrogens is 397 g/mol. The highest BCUT2D eigenvalue weighted by Gasteiger charge is 2.30. The Labute approximate surface area is 160 Å². The molecule has 0 aliphatic carbocycles. The third-order valence-electron chi connectivity index (χ3n) is 3.75. The molecule has 0 radical (unpaired) electrons. The monoisotopic (exact) mass is 406 g/mol. The molecule has 10 heteroatoms. The van der Waals surface area contributed by atoms with Gasteiger partial charge in [0.25, 0.3) is 5.89 Å². The molecule has 2 aromatic carbocycles. The summed E-state index contributed by atoms with van der Waals surface area (Å²) in [5.74, 6) is 1.24. The second-order valence-electron chi connectivity index (χ2n) is 5.65. The summed E-state index contributed by atoms with van der Waals surface area (Å²) in [5, 5.41) is 10.8. The topological polar surface area (TPSA) is 76.8 Å². The number of hydrogen-bond acceptors (Lipinski definition) is 5. The molecule has 0 fully saturated rings. The molecule has 0 amide bonds. The first-order valence-corrected chi connectivity index (χ1v) is 8.27. The molecule has 142 valence electrons. The fourth-order valence-corrected chi connectivity index (χ4v) is 2.55. The van der Waals surface area contributed by atoms with E-state index in [1.807, 2.05) is 0 Å². The summed E-state index contributed by atoms with van der Waals surface area (Å²) < 4.78 is 48.5. The molecule has 0 aliphatic heterocycles. The van der Waals surface area contributed by atoms with E-state index in [4.69, 9.17) is 20.9 Å². The summed E-state index contributed by atoms with van der Waals surface area (Å²) in [7, 11) is 0. The number of alkyl halides is 3. The van der Waals surface area contributed by atoms with Crippen LogP contribution >= 0.6 is 11.6 Å². The lowest BCUT2D eigenvalue weighted by Gasteiger charge is -2.09. The van der Waals surface area contributed by atoms with E-state index in [0.717, 1.165) is 12.1 Å². The second kappa shape index (κ2) is 7.01. The molecule has 0 saturated heterocycles. The maximum absolute atomic E-state index is 12.6. The Morgan fingerprint density at radius 3 is 2.18 bits per heavy atom. The van der Waals surface area contributed by atoms with Crippen molar-refractivity contribution in [3.8, 4) is 34.5 Å². The number of halogens is 4. The van der Waals surface area contributed by atoms with E-state index >= 15 is 0 Å². The van der Waals surface area contributed by atoms with Crippen LogP contribution < -0.4 is 4.74 Å². The van der Waals surface area contributed by atoms with Gasteiger partial charge in [0.1, 0.15) is 11.5 Å². The van der Waals surface area contributed by atoms with Crippen LogP contribution in [-0.4, -0.2) is 20.3 Å². The first-order chi connectivity index (χ1) is 13.4. The van der Waals surface area contributed by atoms with Crippen molar-refractivity contribution in [2.24, 2.45) is 0 Å². The van der Waals surface area contributed by atoms with Gasteiger partial charge in [-0.3, -0.25) is 5.10 Å². The molecule has 0 saturated carbocycles. The number of nitrogens with zero attached hydrogens (tertiary/aromatic N) is 3. The Hall–Kier alpha value is -3.33. The predicted octanol–water partition coefficient (Wildman–Crippen LogP) is 5.59. The van der Waals surface area contributed by atoms with E-state index in [1.54, 1.807) is 24.3 Å². The van der Waals surface area contributed by atoms with Gasteiger partial charge in [0.15, 0.2) is 5.69 Å². The van der Waals surface area contributed by atoms with E-state index in [1.165, 1.54) is 18.3 Å². The van der Waals surface area contributed by atoms with Crippen LogP contribution in [-0.2, 0) is 6.18 Å². The molecule has 2 heterocycles. The quantitative estimate of drug-likeness (QED) is 0.478. The summed E-state index contributed by atoms with van der Waals surface area (Å²) in [5.41, 5.74) is 0.268. The zero-order valence-electron chi connectivity index (χ0n) is 13.9. The van der Waals surface area contributed by atoms with Crippen LogP contribution in [0.4, 0.5) is 13.2 Å². The molecule has 28 heavy (non-hydrogen) atoms. The largest absolute Gasteiger partial charge is 0.457 e. The molecule has 0 bridgehead atoms. The molecule has 6 nitrogen and oxygen atoms in total. The first-order valence-electron chi connectivity index (χ1n) is 7.89. The fraction of sp³-hybridized carbons (Fsp3) is 0.0556. The van der Waals surface area contributed by atoms with Gasteiger partial charge in [-0.05, 0) is 48.5 Å². The highest BCUT2D eigenvalue weighted by atomic mass is 35.5. The summed E-state index contributed by atoms with van der Waals surface area (Å²) >= 11 is 5.96. The van der Waals surface area contributed by atoms with Crippen molar-refractivity contribution in [3.63, 3.8) is 0 Å². The van der Waals surface area contributed by atoms with Crippen LogP contribution in [0, 0.1) is 0 Å². The van der Waals surface area contributed by atoms with Gasteiger partial charge in [0.2, 0.25) is 5.82 Å². The number of hydrogen-bond donors (Lipinski definition) is 1. The van der Waals surface area contributed by atoms with E-state index in [-0.39, 0.29) is 11.6 Å². The molecule has 0 aliphatic rings. The van der Waals surface area contributed by atoms with Gasteiger partial charge < -0.3 is 9.26 Å². The van der Waals surface area contributed by atoms with Gasteiger partial charge in [0.05, 0.1) is 10.6 Å². The van der Waals surface area contributed by atoms with E-state index < -0.39 is 11.7 Å². The number of nitrogens with one attached hydrogen (secondary N) is 1. The Bertz CT molecular complexity index is 1090. The summed E-state index contributed by atoms with van der Waals surface area (Å²) in [6.45, 7) is 0. The van der Waals surface area contributed by atoms with E-state index in [9.17, 15) is 13.2 Å².